The van der Waals surface area contributed by atoms with Crippen molar-refractivity contribution < 1.29 is 14.0 Å². The van der Waals surface area contributed by atoms with Crippen LogP contribution in [0.15, 0.2) is 22.7 Å². The maximum atomic E-state index is 5.61. The molecule has 2 N–H and O–H groups in total. The number of benzene rings is 1. The molecule has 5 nitrogen and oxygen atoms in total. The van der Waals surface area contributed by atoms with Crippen LogP contribution in [0.5, 0.6) is 11.5 Å². The predicted octanol–water partition coefficient (Wildman–Crippen LogP) is 1.96. The summed E-state index contributed by atoms with van der Waals surface area (Å²) in [5.74, 6) is 1.81. The molecule has 2 heterocycles. The van der Waals surface area contributed by atoms with Crippen molar-refractivity contribution in [2.24, 2.45) is 0 Å². The normalized spacial score (nSPS) is 13.1. The lowest BCUT2D eigenvalue weighted by atomic mass is 10.1. The van der Waals surface area contributed by atoms with Crippen molar-refractivity contribution in [3.63, 3.8) is 0 Å². The van der Waals surface area contributed by atoms with Crippen LogP contribution in [0.25, 0.3) is 11.3 Å². The first-order valence-corrected chi connectivity index (χ1v) is 4.87. The van der Waals surface area contributed by atoms with Gasteiger partial charge in [-0.2, -0.15) is 0 Å². The Morgan fingerprint density at radius 1 is 1.25 bits per heavy atom. The Morgan fingerprint density at radius 2 is 2.06 bits per heavy atom. The molecule has 0 amide bonds. The summed E-state index contributed by atoms with van der Waals surface area (Å²) >= 11 is 0. The molecular weight excluding hydrogens is 208 g/mol. The molecule has 0 radical (unpaired) electrons. The van der Waals surface area contributed by atoms with E-state index in [-0.39, 0.29) is 6.79 Å². The monoisotopic (exact) mass is 218 g/mol. The van der Waals surface area contributed by atoms with Crippen LogP contribution in [0.2, 0.25) is 0 Å². The van der Waals surface area contributed by atoms with E-state index in [0.29, 0.717) is 5.88 Å². The Bertz CT molecular complexity index is 548. The van der Waals surface area contributed by atoms with Crippen LogP contribution >= 0.6 is 0 Å². The molecule has 5 heteroatoms. The molecule has 1 aromatic heterocycles. The number of hydrogen-bond acceptors (Lipinski definition) is 5. The van der Waals surface area contributed by atoms with Crippen molar-refractivity contribution in [1.82, 2.24) is 5.16 Å². The number of aromatic nitrogens is 1. The summed E-state index contributed by atoms with van der Waals surface area (Å²) in [4.78, 5) is 0. The van der Waals surface area contributed by atoms with Gasteiger partial charge in [0.1, 0.15) is 5.69 Å². The van der Waals surface area contributed by atoms with Crippen LogP contribution in [0.3, 0.4) is 0 Å². The molecule has 1 aromatic carbocycles. The minimum Gasteiger partial charge on any atom is -0.454 e. The fraction of sp³-hybridized carbons (Fsp3) is 0.182. The fourth-order valence-electron chi connectivity index (χ4n) is 1.66. The summed E-state index contributed by atoms with van der Waals surface area (Å²) in [6, 6.07) is 5.62. The number of hydrogen-bond donors (Lipinski definition) is 1. The summed E-state index contributed by atoms with van der Waals surface area (Å²) in [6.45, 7) is 2.13. The van der Waals surface area contributed by atoms with E-state index in [1.165, 1.54) is 0 Å². The predicted molar refractivity (Wildman–Crippen MR) is 57.2 cm³/mol. The summed E-state index contributed by atoms with van der Waals surface area (Å²) in [5, 5.41) is 3.91. The Balaban J connectivity index is 2.10. The zero-order chi connectivity index (χ0) is 11.1. The van der Waals surface area contributed by atoms with Gasteiger partial charge in [0.25, 0.3) is 0 Å². The van der Waals surface area contributed by atoms with E-state index in [1.54, 1.807) is 0 Å². The summed E-state index contributed by atoms with van der Waals surface area (Å²) in [6.07, 6.45) is 0. The Labute approximate surface area is 91.7 Å². The van der Waals surface area contributed by atoms with Gasteiger partial charge in [0.05, 0.1) is 0 Å². The van der Waals surface area contributed by atoms with E-state index >= 15 is 0 Å². The van der Waals surface area contributed by atoms with Gasteiger partial charge in [-0.05, 0) is 25.1 Å². The van der Waals surface area contributed by atoms with E-state index < -0.39 is 0 Å². The third kappa shape index (κ3) is 1.21. The average molecular weight is 218 g/mol. The number of fused-ring (bicyclic) bond motifs is 1. The minimum atomic E-state index is 0.263. The topological polar surface area (TPSA) is 70.5 Å². The smallest absolute Gasteiger partial charge is 0.231 e. The largest absolute Gasteiger partial charge is 0.454 e. The van der Waals surface area contributed by atoms with Crippen LogP contribution in [0.1, 0.15) is 5.56 Å². The molecule has 0 unspecified atom stereocenters. The second kappa shape index (κ2) is 3.16. The van der Waals surface area contributed by atoms with Gasteiger partial charge in [-0.3, -0.25) is 0 Å². The lowest BCUT2D eigenvalue weighted by Gasteiger charge is -1.99. The highest BCUT2D eigenvalue weighted by molar-refractivity contribution is 5.69. The highest BCUT2D eigenvalue weighted by Crippen LogP contribution is 2.36. The number of anilines is 1. The van der Waals surface area contributed by atoms with Crippen molar-refractivity contribution >= 4 is 5.88 Å². The molecule has 0 fully saturated rings. The fourth-order valence-corrected chi connectivity index (χ4v) is 1.66. The summed E-state index contributed by atoms with van der Waals surface area (Å²) < 4.78 is 15.5. The van der Waals surface area contributed by atoms with E-state index in [1.807, 2.05) is 25.1 Å². The van der Waals surface area contributed by atoms with Crippen LogP contribution in [0.4, 0.5) is 5.88 Å². The van der Waals surface area contributed by atoms with Crippen LogP contribution in [-0.4, -0.2) is 11.9 Å². The molecule has 16 heavy (non-hydrogen) atoms. The number of rotatable bonds is 1. The van der Waals surface area contributed by atoms with Gasteiger partial charge in [-0.25, -0.2) is 0 Å². The van der Waals surface area contributed by atoms with Crippen molar-refractivity contribution in [2.45, 2.75) is 6.92 Å². The molecule has 0 saturated heterocycles. The van der Waals surface area contributed by atoms with Gasteiger partial charge in [0, 0.05) is 11.1 Å². The molecule has 0 aliphatic carbocycles. The summed E-state index contributed by atoms with van der Waals surface area (Å²) in [5.41, 5.74) is 8.07. The second-order valence-electron chi connectivity index (χ2n) is 3.59. The Morgan fingerprint density at radius 3 is 2.81 bits per heavy atom. The average Bonchev–Trinajstić information content (AvgIpc) is 2.86. The zero-order valence-electron chi connectivity index (χ0n) is 8.69. The highest BCUT2D eigenvalue weighted by atomic mass is 16.7. The molecule has 0 saturated carbocycles. The SMILES string of the molecule is Cc1c(-c2ccc3c(c2)OCO3)noc1N. The van der Waals surface area contributed by atoms with Gasteiger partial charge in [-0.15, -0.1) is 0 Å². The second-order valence-corrected chi connectivity index (χ2v) is 3.59. The zero-order valence-corrected chi connectivity index (χ0v) is 8.69. The van der Waals surface area contributed by atoms with E-state index in [0.717, 1.165) is 28.3 Å². The number of ether oxygens (including phenoxy) is 2. The summed E-state index contributed by atoms with van der Waals surface area (Å²) in [7, 11) is 0. The van der Waals surface area contributed by atoms with Crippen molar-refractivity contribution in [1.29, 1.82) is 0 Å². The Kier molecular flexibility index (Phi) is 1.80. The number of nitrogens with two attached hydrogens (primary N) is 1. The molecule has 1 aliphatic heterocycles. The van der Waals surface area contributed by atoms with Gasteiger partial charge in [-0.1, -0.05) is 5.16 Å². The minimum absolute atomic E-state index is 0.263. The van der Waals surface area contributed by atoms with Gasteiger partial charge < -0.3 is 19.7 Å². The van der Waals surface area contributed by atoms with Gasteiger partial charge in [0.2, 0.25) is 12.7 Å². The van der Waals surface area contributed by atoms with E-state index in [9.17, 15) is 0 Å². The third-order valence-electron chi connectivity index (χ3n) is 2.61. The Hall–Kier alpha value is -2.17. The molecule has 0 spiro atoms. The maximum Gasteiger partial charge on any atom is 0.231 e. The number of nitrogens with zero attached hydrogens (tertiary/aromatic N) is 1. The third-order valence-corrected chi connectivity index (χ3v) is 2.61. The first-order chi connectivity index (χ1) is 7.75. The van der Waals surface area contributed by atoms with E-state index in [4.69, 9.17) is 19.7 Å². The first kappa shape index (κ1) is 9.08. The highest BCUT2D eigenvalue weighted by Gasteiger charge is 2.17. The van der Waals surface area contributed by atoms with Crippen LogP contribution in [-0.2, 0) is 0 Å². The molecule has 2 aromatic rings. The van der Waals surface area contributed by atoms with Crippen molar-refractivity contribution in [2.75, 3.05) is 12.5 Å². The standard InChI is InChI=1S/C11H10N2O3/c1-6-10(13-16-11(6)12)7-2-3-8-9(4-7)15-5-14-8/h2-4H,5,12H2,1H3. The first-order valence-electron chi connectivity index (χ1n) is 4.87. The molecule has 0 bridgehead atoms. The van der Waals surface area contributed by atoms with E-state index in [2.05, 4.69) is 5.16 Å². The maximum absolute atomic E-state index is 5.61. The lowest BCUT2D eigenvalue weighted by Crippen LogP contribution is -1.92. The molecule has 82 valence electrons. The lowest BCUT2D eigenvalue weighted by molar-refractivity contribution is 0.174. The molecule has 1 aliphatic rings. The van der Waals surface area contributed by atoms with Crippen molar-refractivity contribution in [3.8, 4) is 22.8 Å². The van der Waals surface area contributed by atoms with Gasteiger partial charge in [0.15, 0.2) is 11.5 Å². The molecule has 3 rings (SSSR count). The van der Waals surface area contributed by atoms with Gasteiger partial charge >= 0.3 is 0 Å². The van der Waals surface area contributed by atoms with Crippen LogP contribution in [0, 0.1) is 6.92 Å². The molecular formula is C11H10N2O3. The molecule has 0 atom stereocenters. The van der Waals surface area contributed by atoms with Crippen LogP contribution < -0.4 is 15.2 Å². The quantitative estimate of drug-likeness (QED) is 0.792. The van der Waals surface area contributed by atoms with Crippen molar-refractivity contribution in [3.05, 3.63) is 23.8 Å². The number of nitrogen functional groups attached to an aromatic ring is 1.